The Labute approximate surface area is 230 Å². The number of amides is 3. The number of likely N-dealkylation sites (N-methyl/N-ethyl adjacent to an activating group) is 1. The van der Waals surface area contributed by atoms with Gasteiger partial charge in [0.05, 0.1) is 6.33 Å². The molecule has 0 saturated carbocycles. The molecule has 6 N–H and O–H groups in total. The van der Waals surface area contributed by atoms with Crippen LogP contribution in [0.2, 0.25) is 0 Å². The highest BCUT2D eigenvalue weighted by Gasteiger charge is 2.47. The molecular weight excluding hydrogens is 524 g/mol. The van der Waals surface area contributed by atoms with Crippen LogP contribution in [0.1, 0.15) is 51.1 Å². The van der Waals surface area contributed by atoms with E-state index in [0.717, 1.165) is 25.7 Å². The minimum Gasteiger partial charge on any atom is -0.436 e. The minimum atomic E-state index is -1.41. The molecule has 3 fully saturated rings. The third-order valence-electron chi connectivity index (χ3n) is 7.74. The molecule has 218 valence electrons. The van der Waals surface area contributed by atoms with Gasteiger partial charge in [0.15, 0.2) is 29.9 Å². The number of nitrogens with zero attached hydrogens (tertiary/aromatic N) is 5. The van der Waals surface area contributed by atoms with Gasteiger partial charge in [-0.25, -0.2) is 19.7 Å². The van der Waals surface area contributed by atoms with Crippen LogP contribution < -0.4 is 16.4 Å². The van der Waals surface area contributed by atoms with Crippen molar-refractivity contribution in [1.29, 1.82) is 0 Å². The molecule has 5 rings (SSSR count). The molecule has 40 heavy (non-hydrogen) atoms. The van der Waals surface area contributed by atoms with Gasteiger partial charge in [-0.2, -0.15) is 0 Å². The summed E-state index contributed by atoms with van der Waals surface area (Å²) in [6.45, 7) is 3.80. The lowest BCUT2D eigenvalue weighted by atomic mass is 9.91. The fraction of sp³-hybridized carbons (Fsp3) is 0.680. The van der Waals surface area contributed by atoms with Gasteiger partial charge < -0.3 is 41.0 Å². The molecule has 3 saturated heterocycles. The number of hydrogen-bond acceptors (Lipinski definition) is 11. The molecule has 15 nitrogen and oxygen atoms in total. The molecule has 0 aromatic carbocycles. The molecular formula is C25H36N8O7. The third-order valence-corrected chi connectivity index (χ3v) is 7.74. The molecule has 0 spiro atoms. The summed E-state index contributed by atoms with van der Waals surface area (Å²) in [6.07, 6.45) is -0.353. The number of nitrogen functional groups attached to an aromatic ring is 1. The number of ether oxygens (including phenoxy) is 2. The van der Waals surface area contributed by atoms with Crippen molar-refractivity contribution in [2.45, 2.75) is 76.1 Å². The second-order valence-corrected chi connectivity index (χ2v) is 10.4. The molecule has 2 aromatic heterocycles. The van der Waals surface area contributed by atoms with Crippen molar-refractivity contribution < 1.29 is 34.1 Å². The van der Waals surface area contributed by atoms with E-state index in [4.69, 9.17) is 15.2 Å². The molecule has 2 aromatic rings. The van der Waals surface area contributed by atoms with Crippen LogP contribution in [0.5, 0.6) is 0 Å². The lowest BCUT2D eigenvalue weighted by Gasteiger charge is -2.31. The van der Waals surface area contributed by atoms with E-state index in [-0.39, 0.29) is 11.7 Å². The number of anilines is 1. The number of aliphatic hydroxyl groups excluding tert-OH is 2. The van der Waals surface area contributed by atoms with Crippen LogP contribution >= 0.6 is 0 Å². The number of likely N-dealkylation sites (tertiary alicyclic amines) is 1. The molecule has 3 amide bonds. The number of carbonyl (C=O) groups excluding carboxylic acids is 3. The Morgan fingerprint density at radius 1 is 1.23 bits per heavy atom. The van der Waals surface area contributed by atoms with E-state index >= 15 is 0 Å². The highest BCUT2D eigenvalue weighted by Crippen LogP contribution is 2.32. The van der Waals surface area contributed by atoms with Crippen molar-refractivity contribution in [3.8, 4) is 0 Å². The van der Waals surface area contributed by atoms with Crippen molar-refractivity contribution in [2.24, 2.45) is 5.92 Å². The molecule has 0 aliphatic carbocycles. The number of hydrogen-bond donors (Lipinski definition) is 5. The Balaban J connectivity index is 1.16. The molecule has 3 aliphatic rings. The summed E-state index contributed by atoms with van der Waals surface area (Å²) in [4.78, 5) is 51.2. The van der Waals surface area contributed by atoms with Crippen molar-refractivity contribution >= 4 is 34.9 Å². The second-order valence-electron chi connectivity index (χ2n) is 10.4. The Hall–Kier alpha value is -3.56. The number of nitrogens with one attached hydrogen (secondary N) is 2. The first-order valence-electron chi connectivity index (χ1n) is 13.8. The van der Waals surface area contributed by atoms with Crippen molar-refractivity contribution in [1.82, 2.24) is 35.1 Å². The number of carbonyl (C=O) groups is 3. The SMILES string of the molecule is CCNC(=O)[C@H]1O[C@@H](n2cnc3c(N)nc(CCCC4CCN(C(=O)OC5CCNC5=O)CC4)nc32)[C@@H](O)C1O. The average Bonchev–Trinajstić information content (AvgIpc) is 3.62. The number of piperidine rings is 1. The number of nitrogens with two attached hydrogens (primary N) is 1. The average molecular weight is 561 g/mol. The summed E-state index contributed by atoms with van der Waals surface area (Å²) in [5.41, 5.74) is 6.84. The molecule has 3 aliphatic heterocycles. The molecule has 0 bridgehead atoms. The Bertz CT molecular complexity index is 1250. The minimum absolute atomic E-state index is 0.190. The van der Waals surface area contributed by atoms with E-state index < -0.39 is 42.6 Å². The van der Waals surface area contributed by atoms with Crippen LogP contribution in [0.4, 0.5) is 10.6 Å². The van der Waals surface area contributed by atoms with Crippen LogP contribution in [0.15, 0.2) is 6.33 Å². The number of aromatic nitrogens is 4. The lowest BCUT2D eigenvalue weighted by Crippen LogP contribution is -2.42. The predicted molar refractivity (Wildman–Crippen MR) is 139 cm³/mol. The molecule has 0 radical (unpaired) electrons. The first-order valence-corrected chi connectivity index (χ1v) is 13.8. The number of aliphatic hydroxyl groups is 2. The van der Waals surface area contributed by atoms with Crippen LogP contribution in [-0.4, -0.2) is 103 Å². The fourth-order valence-corrected chi connectivity index (χ4v) is 5.50. The maximum absolute atomic E-state index is 12.4. The predicted octanol–water partition coefficient (Wildman–Crippen LogP) is -0.776. The van der Waals surface area contributed by atoms with Crippen molar-refractivity contribution in [3.63, 3.8) is 0 Å². The standard InChI is InChI=1S/C25H36N8O7/c1-2-27-23(37)19-17(34)18(35)24(40-19)33-12-29-16-20(26)30-15(31-21(16)33)5-3-4-13-7-10-32(11-8-13)25(38)39-14-6-9-28-22(14)36/h12-14,17-19,24,34-35H,2-11H2,1H3,(H,27,37)(H,28,36)(H2,26,30,31)/t14?,17?,18-,19-,24+/m0/s1. The van der Waals surface area contributed by atoms with Crippen LogP contribution in [0.25, 0.3) is 11.2 Å². The lowest BCUT2D eigenvalue weighted by molar-refractivity contribution is -0.137. The first kappa shape index (κ1) is 28.0. The summed E-state index contributed by atoms with van der Waals surface area (Å²) in [6, 6.07) is 0. The Morgan fingerprint density at radius 2 is 2.00 bits per heavy atom. The van der Waals surface area contributed by atoms with E-state index in [9.17, 15) is 24.6 Å². The molecule has 5 heterocycles. The normalized spacial score (nSPS) is 27.2. The largest absolute Gasteiger partial charge is 0.436 e. The smallest absolute Gasteiger partial charge is 0.410 e. The number of rotatable bonds is 8. The van der Waals surface area contributed by atoms with E-state index in [1.807, 2.05) is 0 Å². The van der Waals surface area contributed by atoms with Gasteiger partial charge in [0.25, 0.3) is 11.8 Å². The molecule has 2 unspecified atom stereocenters. The zero-order valence-electron chi connectivity index (χ0n) is 22.4. The van der Waals surface area contributed by atoms with Gasteiger partial charge in [0, 0.05) is 39.0 Å². The van der Waals surface area contributed by atoms with E-state index in [2.05, 4.69) is 25.6 Å². The Kier molecular flexibility index (Phi) is 8.32. The van der Waals surface area contributed by atoms with Gasteiger partial charge >= 0.3 is 6.09 Å². The van der Waals surface area contributed by atoms with E-state index in [0.29, 0.717) is 61.9 Å². The highest BCUT2D eigenvalue weighted by molar-refractivity contribution is 5.85. The first-order chi connectivity index (χ1) is 19.3. The molecule has 15 heteroatoms. The zero-order valence-corrected chi connectivity index (χ0v) is 22.4. The quantitative estimate of drug-likeness (QED) is 0.271. The van der Waals surface area contributed by atoms with E-state index in [1.165, 1.54) is 10.9 Å². The van der Waals surface area contributed by atoms with Gasteiger partial charge in [-0.3, -0.25) is 14.2 Å². The van der Waals surface area contributed by atoms with Gasteiger partial charge in [-0.05, 0) is 38.5 Å². The van der Waals surface area contributed by atoms with Crippen molar-refractivity contribution in [3.05, 3.63) is 12.2 Å². The number of imidazole rings is 1. The topological polar surface area (TPSA) is 207 Å². The third kappa shape index (κ3) is 5.67. The summed E-state index contributed by atoms with van der Waals surface area (Å²) in [7, 11) is 0. The van der Waals surface area contributed by atoms with Gasteiger partial charge in [0.2, 0.25) is 0 Å². The maximum atomic E-state index is 12.4. The fourth-order valence-electron chi connectivity index (χ4n) is 5.50. The summed E-state index contributed by atoms with van der Waals surface area (Å²) < 4.78 is 12.5. The van der Waals surface area contributed by atoms with Crippen LogP contribution in [0, 0.1) is 5.92 Å². The summed E-state index contributed by atoms with van der Waals surface area (Å²) in [5, 5.41) is 26.3. The van der Waals surface area contributed by atoms with Crippen molar-refractivity contribution in [2.75, 3.05) is 31.9 Å². The summed E-state index contributed by atoms with van der Waals surface area (Å²) >= 11 is 0. The van der Waals surface area contributed by atoms with Crippen LogP contribution in [-0.2, 0) is 25.5 Å². The van der Waals surface area contributed by atoms with E-state index in [1.54, 1.807) is 11.8 Å². The second kappa shape index (κ2) is 11.9. The highest BCUT2D eigenvalue weighted by atomic mass is 16.6. The number of fused-ring (bicyclic) bond motifs is 1. The zero-order chi connectivity index (χ0) is 28.4. The Morgan fingerprint density at radius 3 is 2.70 bits per heavy atom. The van der Waals surface area contributed by atoms with Gasteiger partial charge in [-0.15, -0.1) is 0 Å². The van der Waals surface area contributed by atoms with Gasteiger partial charge in [0.1, 0.15) is 23.5 Å². The van der Waals surface area contributed by atoms with Gasteiger partial charge in [-0.1, -0.05) is 0 Å². The maximum Gasteiger partial charge on any atom is 0.410 e. The van der Waals surface area contributed by atoms with Crippen LogP contribution in [0.3, 0.4) is 0 Å². The monoisotopic (exact) mass is 560 g/mol. The number of aryl methyl sites for hydroxylation is 1. The molecule has 5 atom stereocenters. The summed E-state index contributed by atoms with van der Waals surface area (Å²) in [5.74, 6) is 0.381.